The number of amides is 1. The van der Waals surface area contributed by atoms with Crippen LogP contribution in [0.15, 0.2) is 97.2 Å². The summed E-state index contributed by atoms with van der Waals surface area (Å²) >= 11 is 0. The van der Waals surface area contributed by atoms with Crippen LogP contribution in [0.25, 0.3) is 0 Å². The van der Waals surface area contributed by atoms with Gasteiger partial charge in [-0.05, 0) is 83.5 Å². The Morgan fingerprint density at radius 3 is 0.886 bits per heavy atom. The summed E-state index contributed by atoms with van der Waals surface area (Å²) in [6, 6.07) is -0.646. The van der Waals surface area contributed by atoms with Gasteiger partial charge in [0.05, 0.1) is 18.8 Å². The number of hydrogen-bond acceptors (Lipinski definition) is 3. The lowest BCUT2D eigenvalue weighted by Crippen LogP contribution is -2.45. The van der Waals surface area contributed by atoms with Crippen molar-refractivity contribution in [3.63, 3.8) is 0 Å². The van der Waals surface area contributed by atoms with E-state index in [2.05, 4.69) is 104 Å². The largest absolute Gasteiger partial charge is 0.394 e. The Hall–Kier alpha value is -2.69. The summed E-state index contributed by atoms with van der Waals surface area (Å²) in [4.78, 5) is 12.5. The molecule has 2 unspecified atom stereocenters. The lowest BCUT2D eigenvalue weighted by molar-refractivity contribution is -0.123. The maximum Gasteiger partial charge on any atom is 0.220 e. The number of unbranched alkanes of at least 4 members (excludes halogenated alkanes) is 43. The first-order valence-electron chi connectivity index (χ1n) is 35.0. The number of rotatable bonds is 64. The third kappa shape index (κ3) is 66.0. The first kappa shape index (κ1) is 76.3. The molecule has 0 aromatic carbocycles. The molecule has 0 aliphatic rings. The molecule has 0 heterocycles. The van der Waals surface area contributed by atoms with Gasteiger partial charge in [0.25, 0.3) is 0 Å². The second-order valence-electron chi connectivity index (χ2n) is 23.6. The van der Waals surface area contributed by atoms with Crippen molar-refractivity contribution in [2.45, 2.75) is 366 Å². The topological polar surface area (TPSA) is 69.6 Å². The smallest absolute Gasteiger partial charge is 0.220 e. The molecule has 0 bridgehead atoms. The molecule has 3 N–H and O–H groups in total. The third-order valence-corrected chi connectivity index (χ3v) is 15.8. The Kier molecular flexibility index (Phi) is 67.2. The van der Waals surface area contributed by atoms with Crippen molar-refractivity contribution in [2.24, 2.45) is 0 Å². The van der Waals surface area contributed by atoms with E-state index in [4.69, 9.17) is 0 Å². The van der Waals surface area contributed by atoms with Gasteiger partial charge in [-0.2, -0.15) is 0 Å². The highest BCUT2D eigenvalue weighted by Crippen LogP contribution is 2.18. The van der Waals surface area contributed by atoms with Crippen LogP contribution in [0.4, 0.5) is 0 Å². The summed E-state index contributed by atoms with van der Waals surface area (Å²) < 4.78 is 0. The third-order valence-electron chi connectivity index (χ3n) is 15.8. The van der Waals surface area contributed by atoms with Gasteiger partial charge < -0.3 is 15.5 Å². The van der Waals surface area contributed by atoms with Crippen LogP contribution in [0.2, 0.25) is 0 Å². The second kappa shape index (κ2) is 69.6. The van der Waals surface area contributed by atoms with Gasteiger partial charge in [0.2, 0.25) is 5.91 Å². The number of aliphatic hydroxyl groups excluding tert-OH is 2. The molecule has 0 aromatic rings. The molecular weight excluding hydrogens is 963 g/mol. The summed E-state index contributed by atoms with van der Waals surface area (Å²) in [7, 11) is 0. The lowest BCUT2D eigenvalue weighted by Gasteiger charge is -2.19. The highest BCUT2D eigenvalue weighted by Gasteiger charge is 2.18. The molecule has 0 saturated heterocycles. The van der Waals surface area contributed by atoms with E-state index < -0.39 is 12.1 Å². The molecule has 1 amide bonds. The Morgan fingerprint density at radius 1 is 0.316 bits per heavy atom. The molecule has 0 saturated carbocycles. The van der Waals surface area contributed by atoms with Crippen LogP contribution >= 0.6 is 0 Å². The molecule has 0 radical (unpaired) electrons. The molecule has 0 aromatic heterocycles. The number of allylic oxidation sites excluding steroid dienone is 15. The van der Waals surface area contributed by atoms with Crippen molar-refractivity contribution in [2.75, 3.05) is 6.61 Å². The van der Waals surface area contributed by atoms with E-state index in [9.17, 15) is 15.0 Å². The molecule has 0 spiro atoms. The highest BCUT2D eigenvalue weighted by molar-refractivity contribution is 5.76. The Labute approximate surface area is 494 Å². The summed E-state index contributed by atoms with van der Waals surface area (Å²) in [6.45, 7) is 4.21. The van der Waals surface area contributed by atoms with E-state index in [1.165, 1.54) is 263 Å². The van der Waals surface area contributed by atoms with Gasteiger partial charge in [-0.1, -0.05) is 361 Å². The van der Waals surface area contributed by atoms with E-state index in [-0.39, 0.29) is 12.5 Å². The summed E-state index contributed by atoms with van der Waals surface area (Å²) in [5, 5.41) is 23.3. The minimum absolute atomic E-state index is 0.0719. The maximum atomic E-state index is 12.5. The van der Waals surface area contributed by atoms with Crippen LogP contribution in [0.1, 0.15) is 354 Å². The Bertz CT molecular complexity index is 1430. The normalized spacial score (nSPS) is 13.3. The fraction of sp³-hybridized carbons (Fsp3) is 0.773. The molecule has 0 aliphatic heterocycles. The number of aliphatic hydroxyl groups is 2. The molecule has 0 fully saturated rings. The van der Waals surface area contributed by atoms with Crippen molar-refractivity contribution >= 4 is 5.91 Å². The molecule has 2 atom stereocenters. The zero-order valence-corrected chi connectivity index (χ0v) is 52.9. The van der Waals surface area contributed by atoms with E-state index in [0.29, 0.717) is 6.42 Å². The van der Waals surface area contributed by atoms with Crippen LogP contribution in [0.5, 0.6) is 0 Å². The van der Waals surface area contributed by atoms with Crippen molar-refractivity contribution in [3.05, 3.63) is 97.2 Å². The number of carbonyl (C=O) groups excluding carboxylic acids is 1. The molecule has 0 aliphatic carbocycles. The van der Waals surface area contributed by atoms with E-state index >= 15 is 0 Å². The van der Waals surface area contributed by atoms with Crippen molar-refractivity contribution in [3.8, 4) is 0 Å². The van der Waals surface area contributed by atoms with Gasteiger partial charge in [0, 0.05) is 6.42 Å². The van der Waals surface area contributed by atoms with E-state index in [0.717, 1.165) is 70.6 Å². The zero-order valence-electron chi connectivity index (χ0n) is 52.9. The summed E-state index contributed by atoms with van der Waals surface area (Å²) in [5.74, 6) is -0.0719. The van der Waals surface area contributed by atoms with E-state index in [1.807, 2.05) is 6.08 Å². The van der Waals surface area contributed by atoms with Crippen LogP contribution in [-0.4, -0.2) is 34.9 Å². The van der Waals surface area contributed by atoms with Gasteiger partial charge in [-0.25, -0.2) is 0 Å². The maximum absolute atomic E-state index is 12.5. The van der Waals surface area contributed by atoms with E-state index in [1.54, 1.807) is 6.08 Å². The van der Waals surface area contributed by atoms with Gasteiger partial charge in [0.15, 0.2) is 0 Å². The van der Waals surface area contributed by atoms with Crippen LogP contribution in [0.3, 0.4) is 0 Å². The molecule has 4 heteroatoms. The number of carbonyl (C=O) groups is 1. The SMILES string of the molecule is CC/C=C\C/C=C\C/C=C\C/C=C\C/C=C\C/C=C\CCCCCCCCCCCCCCCCCCC(=O)NC(CO)C(O)/C=C/CC/C=C/CCCCCCCCCCCCCCCCCCCCCCCCCCCC. The fourth-order valence-corrected chi connectivity index (χ4v) is 10.6. The molecule has 4 nitrogen and oxygen atoms in total. The molecule has 79 heavy (non-hydrogen) atoms. The fourth-order valence-electron chi connectivity index (χ4n) is 10.6. The standard InChI is InChI=1S/C75H135NO3/c1-3-5-7-9-11-13-15-17-19-21-23-25-27-29-31-33-35-37-38-39-41-43-45-47-49-51-53-55-57-59-61-63-65-67-69-71-75(79)76-73(72-77)74(78)70-68-66-64-62-60-58-56-54-52-50-48-46-44-42-40-36-34-32-30-28-26-24-22-20-18-16-14-12-10-8-6-4-2/h5,7,11,13,17,19,23,25,29,31,35,37,60,62,68,70,73-74,77-78H,3-4,6,8-10,12,14-16,18,20-22,24,26-28,30,32-34,36,38-59,61,63-67,69,71-72H2,1-2H3,(H,76,79)/b7-5-,13-11-,19-17-,25-23-,31-29-,37-35-,62-60+,70-68+. The van der Waals surface area contributed by atoms with Gasteiger partial charge in [0.1, 0.15) is 0 Å². The predicted molar refractivity (Wildman–Crippen MR) is 354 cm³/mol. The Morgan fingerprint density at radius 2 is 0.570 bits per heavy atom. The average Bonchev–Trinajstić information content (AvgIpc) is 3.45. The van der Waals surface area contributed by atoms with Gasteiger partial charge in [-0.3, -0.25) is 4.79 Å². The minimum Gasteiger partial charge on any atom is -0.394 e. The monoisotopic (exact) mass is 1100 g/mol. The van der Waals surface area contributed by atoms with Crippen LogP contribution < -0.4 is 5.32 Å². The predicted octanol–water partition coefficient (Wildman–Crippen LogP) is 24.0. The zero-order chi connectivity index (χ0) is 56.9. The minimum atomic E-state index is -0.868. The van der Waals surface area contributed by atoms with Crippen molar-refractivity contribution in [1.82, 2.24) is 5.32 Å². The van der Waals surface area contributed by atoms with Crippen LogP contribution in [0, 0.1) is 0 Å². The second-order valence-corrected chi connectivity index (χ2v) is 23.6. The van der Waals surface area contributed by atoms with Crippen molar-refractivity contribution < 1.29 is 15.0 Å². The first-order valence-corrected chi connectivity index (χ1v) is 35.0. The summed E-state index contributed by atoms with van der Waals surface area (Å²) in [5.41, 5.74) is 0. The Balaban J connectivity index is 3.50. The van der Waals surface area contributed by atoms with Crippen molar-refractivity contribution in [1.29, 1.82) is 0 Å². The van der Waals surface area contributed by atoms with Crippen LogP contribution in [-0.2, 0) is 4.79 Å². The number of nitrogens with one attached hydrogen (secondary N) is 1. The van der Waals surface area contributed by atoms with Gasteiger partial charge in [-0.15, -0.1) is 0 Å². The summed E-state index contributed by atoms with van der Waals surface area (Å²) in [6.07, 6.45) is 104. The molecular formula is C75H135NO3. The average molecular weight is 1100 g/mol. The first-order chi connectivity index (χ1) is 39.2. The lowest BCUT2D eigenvalue weighted by atomic mass is 10.0. The highest BCUT2D eigenvalue weighted by atomic mass is 16.3. The molecule has 0 rings (SSSR count). The number of hydrogen-bond donors (Lipinski definition) is 3. The van der Waals surface area contributed by atoms with Gasteiger partial charge >= 0.3 is 0 Å². The molecule has 458 valence electrons. The quantitative estimate of drug-likeness (QED) is 0.0420.